The molecule has 0 radical (unpaired) electrons. The number of nitrogens with zero attached hydrogens (tertiary/aromatic N) is 3. The third-order valence-electron chi connectivity index (χ3n) is 4.36. The van der Waals surface area contributed by atoms with Crippen molar-refractivity contribution in [1.29, 1.82) is 0 Å². The van der Waals surface area contributed by atoms with Gasteiger partial charge in [0, 0.05) is 16.7 Å². The van der Waals surface area contributed by atoms with E-state index in [0.29, 0.717) is 22.7 Å². The minimum Gasteiger partial charge on any atom is -0.423 e. The summed E-state index contributed by atoms with van der Waals surface area (Å²) in [6.07, 6.45) is 1.25. The highest BCUT2D eigenvalue weighted by Crippen LogP contribution is 2.31. The van der Waals surface area contributed by atoms with Crippen LogP contribution in [0.15, 0.2) is 68.8 Å². The van der Waals surface area contributed by atoms with Crippen LogP contribution in [0.2, 0.25) is 0 Å². The van der Waals surface area contributed by atoms with Crippen LogP contribution in [0.4, 0.5) is 5.88 Å². The van der Waals surface area contributed by atoms with Gasteiger partial charge in [-0.1, -0.05) is 35.5 Å². The SMILES string of the molecule is Cc1noc(NS(=O)(=O)c2ccccc2-c2ccc(-c3nnco3)cc2)c1C. The van der Waals surface area contributed by atoms with Crippen molar-refractivity contribution in [2.75, 3.05) is 4.72 Å². The van der Waals surface area contributed by atoms with Gasteiger partial charge in [0.05, 0.1) is 10.6 Å². The number of hydrogen-bond acceptors (Lipinski definition) is 7. The van der Waals surface area contributed by atoms with Gasteiger partial charge in [-0.25, -0.2) is 13.1 Å². The number of sulfonamides is 1. The highest BCUT2D eigenvalue weighted by Gasteiger charge is 2.22. The van der Waals surface area contributed by atoms with Crippen LogP contribution in [0.25, 0.3) is 22.6 Å². The standard InChI is InChI=1S/C19H16N4O4S/c1-12-13(2)22-27-18(12)23-28(24,25)17-6-4-3-5-16(17)14-7-9-15(10-8-14)19-21-20-11-26-19/h3-11,23H,1-2H3. The lowest BCUT2D eigenvalue weighted by molar-refractivity contribution is 0.430. The Morgan fingerprint density at radius 1 is 0.964 bits per heavy atom. The lowest BCUT2D eigenvalue weighted by Gasteiger charge is -2.11. The molecular formula is C19H16N4O4S. The summed E-state index contributed by atoms with van der Waals surface area (Å²) < 4.78 is 38.7. The fourth-order valence-electron chi connectivity index (χ4n) is 2.72. The quantitative estimate of drug-likeness (QED) is 0.546. The molecule has 0 unspecified atom stereocenters. The zero-order chi connectivity index (χ0) is 19.7. The summed E-state index contributed by atoms with van der Waals surface area (Å²) in [4.78, 5) is 0.133. The average molecular weight is 396 g/mol. The molecule has 9 heteroatoms. The van der Waals surface area contributed by atoms with Crippen molar-refractivity contribution >= 4 is 15.9 Å². The number of benzene rings is 2. The predicted molar refractivity (Wildman–Crippen MR) is 102 cm³/mol. The first-order valence-corrected chi connectivity index (χ1v) is 9.86. The number of aryl methyl sites for hydroxylation is 1. The van der Waals surface area contributed by atoms with Crippen LogP contribution in [-0.4, -0.2) is 23.8 Å². The fourth-order valence-corrected chi connectivity index (χ4v) is 4.00. The van der Waals surface area contributed by atoms with Crippen LogP contribution in [-0.2, 0) is 10.0 Å². The summed E-state index contributed by atoms with van der Waals surface area (Å²) in [6, 6.07) is 13.9. The van der Waals surface area contributed by atoms with Gasteiger partial charge in [-0.3, -0.25) is 0 Å². The van der Waals surface area contributed by atoms with Gasteiger partial charge in [-0.05, 0) is 37.6 Å². The monoisotopic (exact) mass is 396 g/mol. The summed E-state index contributed by atoms with van der Waals surface area (Å²) in [5.74, 6) is 0.504. The summed E-state index contributed by atoms with van der Waals surface area (Å²) in [6.45, 7) is 3.49. The summed E-state index contributed by atoms with van der Waals surface area (Å²) in [5.41, 5.74) is 3.30. The molecule has 2 heterocycles. The molecule has 0 fully saturated rings. The highest BCUT2D eigenvalue weighted by molar-refractivity contribution is 7.92. The van der Waals surface area contributed by atoms with Crippen LogP contribution in [0.3, 0.4) is 0 Å². The number of anilines is 1. The second-order valence-corrected chi connectivity index (χ2v) is 7.80. The molecule has 0 aliphatic heterocycles. The minimum absolute atomic E-state index is 0.110. The molecule has 4 aromatic rings. The Morgan fingerprint density at radius 3 is 2.32 bits per heavy atom. The first-order valence-electron chi connectivity index (χ1n) is 8.37. The molecule has 0 bridgehead atoms. The van der Waals surface area contributed by atoms with Crippen molar-refractivity contribution in [2.24, 2.45) is 0 Å². The molecule has 0 spiro atoms. The van der Waals surface area contributed by atoms with Crippen LogP contribution in [0, 0.1) is 13.8 Å². The summed E-state index contributed by atoms with van der Waals surface area (Å²) >= 11 is 0. The van der Waals surface area contributed by atoms with E-state index in [4.69, 9.17) is 8.94 Å². The maximum Gasteiger partial charge on any atom is 0.264 e. The van der Waals surface area contributed by atoms with E-state index in [0.717, 1.165) is 11.1 Å². The van der Waals surface area contributed by atoms with Crippen molar-refractivity contribution in [2.45, 2.75) is 18.7 Å². The molecule has 4 rings (SSSR count). The third-order valence-corrected chi connectivity index (χ3v) is 5.75. The summed E-state index contributed by atoms with van der Waals surface area (Å²) in [5, 5.41) is 11.3. The van der Waals surface area contributed by atoms with Crippen LogP contribution in [0.1, 0.15) is 11.3 Å². The zero-order valence-corrected chi connectivity index (χ0v) is 15.9. The number of aromatic nitrogens is 3. The van der Waals surface area contributed by atoms with Crippen molar-refractivity contribution < 1.29 is 17.4 Å². The van der Waals surface area contributed by atoms with E-state index in [1.165, 1.54) is 6.39 Å². The Labute approximate surface area is 161 Å². The maximum atomic E-state index is 13.0. The van der Waals surface area contributed by atoms with Gasteiger partial charge in [-0.2, -0.15) is 0 Å². The molecule has 1 N–H and O–H groups in total. The van der Waals surface area contributed by atoms with Crippen molar-refractivity contribution in [3.63, 3.8) is 0 Å². The second-order valence-electron chi connectivity index (χ2n) is 6.15. The lowest BCUT2D eigenvalue weighted by Crippen LogP contribution is -2.14. The molecule has 142 valence electrons. The Bertz CT molecular complexity index is 1210. The largest absolute Gasteiger partial charge is 0.423 e. The first-order chi connectivity index (χ1) is 13.5. The smallest absolute Gasteiger partial charge is 0.264 e. The van der Waals surface area contributed by atoms with Crippen molar-refractivity contribution in [1.82, 2.24) is 15.4 Å². The van der Waals surface area contributed by atoms with Gasteiger partial charge in [0.1, 0.15) is 0 Å². The van der Waals surface area contributed by atoms with Crippen molar-refractivity contribution in [3.05, 3.63) is 66.2 Å². The van der Waals surface area contributed by atoms with Gasteiger partial charge in [0.2, 0.25) is 18.2 Å². The number of rotatable bonds is 5. The normalized spacial score (nSPS) is 11.5. The van der Waals surface area contributed by atoms with E-state index >= 15 is 0 Å². The van der Waals surface area contributed by atoms with E-state index < -0.39 is 10.0 Å². The molecule has 0 saturated carbocycles. The van der Waals surface area contributed by atoms with E-state index in [-0.39, 0.29) is 10.8 Å². The maximum absolute atomic E-state index is 13.0. The topological polar surface area (TPSA) is 111 Å². The van der Waals surface area contributed by atoms with E-state index in [1.54, 1.807) is 62.4 Å². The van der Waals surface area contributed by atoms with Gasteiger partial charge >= 0.3 is 0 Å². The zero-order valence-electron chi connectivity index (χ0n) is 15.1. The average Bonchev–Trinajstić information content (AvgIpc) is 3.34. The molecule has 28 heavy (non-hydrogen) atoms. The van der Waals surface area contributed by atoms with Crippen LogP contribution in [0.5, 0.6) is 0 Å². The highest BCUT2D eigenvalue weighted by atomic mass is 32.2. The molecule has 2 aromatic heterocycles. The fraction of sp³-hybridized carbons (Fsp3) is 0.105. The van der Waals surface area contributed by atoms with Gasteiger partial charge < -0.3 is 8.94 Å². The van der Waals surface area contributed by atoms with Crippen molar-refractivity contribution in [3.8, 4) is 22.6 Å². The number of hydrogen-bond donors (Lipinski definition) is 1. The van der Waals surface area contributed by atoms with Crippen LogP contribution >= 0.6 is 0 Å². The van der Waals surface area contributed by atoms with E-state index in [1.807, 2.05) is 0 Å². The molecule has 0 atom stereocenters. The van der Waals surface area contributed by atoms with Gasteiger partial charge in [0.25, 0.3) is 10.0 Å². The molecule has 8 nitrogen and oxygen atoms in total. The molecule has 0 amide bonds. The molecule has 2 aromatic carbocycles. The second kappa shape index (κ2) is 6.93. The van der Waals surface area contributed by atoms with Gasteiger partial charge in [0.15, 0.2) is 0 Å². The molecular weight excluding hydrogens is 380 g/mol. The Morgan fingerprint density at radius 2 is 1.68 bits per heavy atom. The first kappa shape index (κ1) is 17.9. The molecule has 0 aliphatic rings. The van der Waals surface area contributed by atoms with E-state index in [2.05, 4.69) is 20.1 Å². The molecule has 0 saturated heterocycles. The lowest BCUT2D eigenvalue weighted by atomic mass is 10.0. The molecule has 0 aliphatic carbocycles. The van der Waals surface area contributed by atoms with Gasteiger partial charge in [-0.15, -0.1) is 10.2 Å². The third kappa shape index (κ3) is 3.27. The van der Waals surface area contributed by atoms with Crippen LogP contribution < -0.4 is 4.72 Å². The number of nitrogens with one attached hydrogen (secondary N) is 1. The Balaban J connectivity index is 1.71. The Kier molecular flexibility index (Phi) is 4.44. The summed E-state index contributed by atoms with van der Waals surface area (Å²) in [7, 11) is -3.88. The van der Waals surface area contributed by atoms with E-state index in [9.17, 15) is 8.42 Å². The minimum atomic E-state index is -3.88. The Hall–Kier alpha value is -3.46. The predicted octanol–water partition coefficient (Wildman–Crippen LogP) is 3.81.